The predicted octanol–water partition coefficient (Wildman–Crippen LogP) is 5.06. The molecule has 4 heterocycles. The molecule has 2 aliphatic heterocycles. The number of piperidine rings is 1. The zero-order valence-electron chi connectivity index (χ0n) is 17.1. The monoisotopic (exact) mass is 410 g/mol. The lowest BCUT2D eigenvalue weighted by Crippen LogP contribution is -2.45. The number of para-hydroxylation sites is 1. The van der Waals surface area contributed by atoms with Crippen LogP contribution in [0.5, 0.6) is 5.75 Å². The number of hydrogen-bond acceptors (Lipinski definition) is 4. The fourth-order valence-corrected chi connectivity index (χ4v) is 4.89. The maximum atomic E-state index is 13.2. The van der Waals surface area contributed by atoms with Crippen molar-refractivity contribution in [3.8, 4) is 16.9 Å². The number of aromatic nitrogens is 1. The Labute approximate surface area is 180 Å². The van der Waals surface area contributed by atoms with Crippen LogP contribution in [-0.4, -0.2) is 35.5 Å². The Morgan fingerprint density at radius 1 is 0.968 bits per heavy atom. The third kappa shape index (κ3) is 3.00. The van der Waals surface area contributed by atoms with Crippen LogP contribution in [0.1, 0.15) is 29.0 Å². The van der Waals surface area contributed by atoms with Crippen molar-refractivity contribution in [2.24, 2.45) is 0 Å². The molecule has 0 bridgehead atoms. The maximum Gasteiger partial charge on any atom is 0.289 e. The Hall–Kier alpha value is -3.60. The molecule has 4 aromatic rings. The van der Waals surface area contributed by atoms with Crippen LogP contribution in [0.15, 0.2) is 77.5 Å². The molecule has 0 unspecified atom stereocenters. The van der Waals surface area contributed by atoms with Crippen molar-refractivity contribution in [3.63, 3.8) is 0 Å². The quantitative estimate of drug-likeness (QED) is 0.463. The van der Waals surface area contributed by atoms with Crippen LogP contribution >= 0.6 is 0 Å². The molecule has 1 spiro atoms. The van der Waals surface area contributed by atoms with Gasteiger partial charge >= 0.3 is 0 Å². The minimum Gasteiger partial charge on any atom is -0.492 e. The zero-order valence-corrected chi connectivity index (χ0v) is 17.1. The van der Waals surface area contributed by atoms with Gasteiger partial charge in [-0.1, -0.05) is 30.3 Å². The van der Waals surface area contributed by atoms with Crippen LogP contribution in [0.3, 0.4) is 0 Å². The van der Waals surface area contributed by atoms with E-state index in [9.17, 15) is 4.79 Å². The lowest BCUT2D eigenvalue weighted by Gasteiger charge is -2.38. The van der Waals surface area contributed by atoms with E-state index in [0.29, 0.717) is 25.5 Å². The number of amides is 1. The number of pyridine rings is 1. The van der Waals surface area contributed by atoms with E-state index in [1.165, 1.54) is 5.56 Å². The fourth-order valence-electron chi connectivity index (χ4n) is 4.89. The lowest BCUT2D eigenvalue weighted by molar-refractivity contribution is 0.0618. The Morgan fingerprint density at radius 3 is 2.68 bits per heavy atom. The van der Waals surface area contributed by atoms with Gasteiger partial charge in [0.05, 0.1) is 6.61 Å². The molecule has 0 N–H and O–H groups in total. The van der Waals surface area contributed by atoms with Crippen molar-refractivity contribution in [1.29, 1.82) is 0 Å². The fraction of sp³-hybridized carbons (Fsp3) is 0.231. The SMILES string of the molecule is O=C(c1cc2cc(-c3cccnc3)ccc2o1)N1CCC2(CC1)COc1ccccc12. The molecule has 5 nitrogen and oxygen atoms in total. The van der Waals surface area contributed by atoms with Crippen LogP contribution in [0, 0.1) is 0 Å². The van der Waals surface area contributed by atoms with E-state index in [0.717, 1.165) is 40.7 Å². The van der Waals surface area contributed by atoms with Gasteiger partial charge in [-0.25, -0.2) is 0 Å². The summed E-state index contributed by atoms with van der Waals surface area (Å²) >= 11 is 0. The van der Waals surface area contributed by atoms with Crippen molar-refractivity contribution in [1.82, 2.24) is 9.88 Å². The minimum atomic E-state index is -0.0406. The molecule has 1 fully saturated rings. The van der Waals surface area contributed by atoms with Gasteiger partial charge in [0, 0.05) is 47.4 Å². The first-order valence-corrected chi connectivity index (χ1v) is 10.7. The number of furan rings is 1. The number of hydrogen-bond donors (Lipinski definition) is 0. The molecule has 0 atom stereocenters. The van der Waals surface area contributed by atoms with Crippen molar-refractivity contribution < 1.29 is 13.9 Å². The highest BCUT2D eigenvalue weighted by atomic mass is 16.5. The largest absolute Gasteiger partial charge is 0.492 e. The molecular weight excluding hydrogens is 388 g/mol. The maximum absolute atomic E-state index is 13.2. The van der Waals surface area contributed by atoms with Crippen molar-refractivity contribution >= 4 is 16.9 Å². The number of carbonyl (C=O) groups excluding carboxylic acids is 1. The van der Waals surface area contributed by atoms with Crippen molar-refractivity contribution in [3.05, 3.63) is 84.4 Å². The standard InChI is InChI=1S/C26H22N2O3/c29-25(28-12-9-26(10-13-28)17-30-23-6-2-1-5-21(23)26)24-15-20-14-18(7-8-22(20)31-24)19-4-3-11-27-16-19/h1-8,11,14-16H,9-10,12-13,17H2. The molecule has 31 heavy (non-hydrogen) atoms. The third-order valence-electron chi connectivity index (χ3n) is 6.69. The Balaban J connectivity index is 1.22. The van der Waals surface area contributed by atoms with Gasteiger partial charge in [-0.3, -0.25) is 9.78 Å². The molecule has 5 heteroatoms. The molecule has 0 saturated carbocycles. The summed E-state index contributed by atoms with van der Waals surface area (Å²) < 4.78 is 11.8. The van der Waals surface area contributed by atoms with E-state index in [-0.39, 0.29) is 11.3 Å². The molecule has 6 rings (SSSR count). The van der Waals surface area contributed by atoms with Gasteiger partial charge in [-0.15, -0.1) is 0 Å². The first-order valence-electron chi connectivity index (χ1n) is 10.7. The number of ether oxygens (including phenoxy) is 1. The number of nitrogens with zero attached hydrogens (tertiary/aromatic N) is 2. The van der Waals surface area contributed by atoms with E-state index >= 15 is 0 Å². The van der Waals surface area contributed by atoms with Crippen LogP contribution in [0.25, 0.3) is 22.1 Å². The van der Waals surface area contributed by atoms with E-state index in [4.69, 9.17) is 9.15 Å². The second-order valence-electron chi connectivity index (χ2n) is 8.46. The van der Waals surface area contributed by atoms with Crippen molar-refractivity contribution in [2.75, 3.05) is 19.7 Å². The number of rotatable bonds is 2. The molecule has 154 valence electrons. The highest BCUT2D eigenvalue weighted by molar-refractivity contribution is 5.97. The molecule has 0 aliphatic carbocycles. The smallest absolute Gasteiger partial charge is 0.289 e. The van der Waals surface area contributed by atoms with Crippen LogP contribution < -0.4 is 4.74 Å². The highest BCUT2D eigenvalue weighted by Crippen LogP contribution is 2.45. The topological polar surface area (TPSA) is 55.6 Å². The number of benzene rings is 2. The van der Waals surface area contributed by atoms with E-state index in [2.05, 4.69) is 17.1 Å². The summed E-state index contributed by atoms with van der Waals surface area (Å²) in [4.78, 5) is 19.3. The molecule has 1 saturated heterocycles. The molecule has 1 amide bonds. The first-order chi connectivity index (χ1) is 15.2. The number of likely N-dealkylation sites (tertiary alicyclic amines) is 1. The molecular formula is C26H22N2O3. The summed E-state index contributed by atoms with van der Waals surface area (Å²) in [5.41, 5.74) is 4.13. The molecule has 0 radical (unpaired) electrons. The lowest BCUT2D eigenvalue weighted by atomic mass is 9.74. The van der Waals surface area contributed by atoms with Gasteiger partial charge in [0.15, 0.2) is 5.76 Å². The Morgan fingerprint density at radius 2 is 1.84 bits per heavy atom. The Kier molecular flexibility index (Phi) is 4.10. The third-order valence-corrected chi connectivity index (χ3v) is 6.69. The van der Waals surface area contributed by atoms with Gasteiger partial charge in [-0.2, -0.15) is 0 Å². The first kappa shape index (κ1) is 18.2. The summed E-state index contributed by atoms with van der Waals surface area (Å²) in [7, 11) is 0. The minimum absolute atomic E-state index is 0.0277. The van der Waals surface area contributed by atoms with Gasteiger partial charge in [-0.05, 0) is 48.7 Å². The summed E-state index contributed by atoms with van der Waals surface area (Å²) in [5, 5.41) is 0.927. The summed E-state index contributed by atoms with van der Waals surface area (Å²) in [6, 6.07) is 20.1. The molecule has 2 aromatic carbocycles. The van der Waals surface area contributed by atoms with E-state index < -0.39 is 0 Å². The van der Waals surface area contributed by atoms with Gasteiger partial charge in [0.2, 0.25) is 0 Å². The van der Waals surface area contributed by atoms with E-state index in [1.54, 1.807) is 6.20 Å². The van der Waals surface area contributed by atoms with E-state index in [1.807, 2.05) is 59.6 Å². The summed E-state index contributed by atoms with van der Waals surface area (Å²) in [6.45, 7) is 2.11. The normalized spacial score (nSPS) is 17.0. The van der Waals surface area contributed by atoms with Crippen molar-refractivity contribution in [2.45, 2.75) is 18.3 Å². The molecule has 2 aromatic heterocycles. The average Bonchev–Trinajstić information content (AvgIpc) is 3.42. The van der Waals surface area contributed by atoms with Gasteiger partial charge in [0.1, 0.15) is 11.3 Å². The van der Waals surface area contributed by atoms with Crippen LogP contribution in [-0.2, 0) is 5.41 Å². The zero-order chi connectivity index (χ0) is 20.8. The molecule has 2 aliphatic rings. The average molecular weight is 410 g/mol. The number of fused-ring (bicyclic) bond motifs is 3. The second-order valence-corrected chi connectivity index (χ2v) is 8.46. The Bertz CT molecular complexity index is 1270. The number of carbonyl (C=O) groups is 1. The highest BCUT2D eigenvalue weighted by Gasteiger charge is 2.43. The second kappa shape index (κ2) is 6.98. The van der Waals surface area contributed by atoms with Crippen LogP contribution in [0.4, 0.5) is 0 Å². The summed E-state index contributed by atoms with van der Waals surface area (Å²) in [6.07, 6.45) is 5.40. The summed E-state index contributed by atoms with van der Waals surface area (Å²) in [5.74, 6) is 1.35. The predicted molar refractivity (Wildman–Crippen MR) is 118 cm³/mol. The van der Waals surface area contributed by atoms with Gasteiger partial charge < -0.3 is 14.1 Å². The van der Waals surface area contributed by atoms with Gasteiger partial charge in [0.25, 0.3) is 5.91 Å². The van der Waals surface area contributed by atoms with Crippen LogP contribution in [0.2, 0.25) is 0 Å².